The molecule has 2 unspecified atom stereocenters. The number of hydrogen-bond acceptors (Lipinski definition) is 4. The molecular weight excluding hydrogens is 327 g/mol. The first-order valence-electron chi connectivity index (χ1n) is 8.02. The summed E-state index contributed by atoms with van der Waals surface area (Å²) in [5, 5.41) is 18.6. The zero-order valence-electron chi connectivity index (χ0n) is 13.9. The highest BCUT2D eigenvalue weighted by Gasteiger charge is 2.24. The summed E-state index contributed by atoms with van der Waals surface area (Å²) in [5.41, 5.74) is 0.811. The number of phenols is 1. The quantitative estimate of drug-likeness (QED) is 0.722. The molecule has 0 radical (unpaired) electrons. The van der Waals surface area contributed by atoms with Crippen molar-refractivity contribution in [3.05, 3.63) is 59.9 Å². The highest BCUT2D eigenvalue weighted by atomic mass is 19.1. The molecule has 2 N–H and O–H groups in total. The maximum atomic E-state index is 12.9. The van der Waals surface area contributed by atoms with Gasteiger partial charge in [-0.05, 0) is 48.4 Å². The molecule has 0 aromatic heterocycles. The van der Waals surface area contributed by atoms with Crippen molar-refractivity contribution >= 4 is 5.97 Å². The van der Waals surface area contributed by atoms with Crippen LogP contribution < -0.4 is 4.74 Å². The minimum atomic E-state index is -1.09. The lowest BCUT2D eigenvalue weighted by Gasteiger charge is -2.21. The van der Waals surface area contributed by atoms with E-state index >= 15 is 0 Å². The van der Waals surface area contributed by atoms with Crippen LogP contribution in [0.25, 0.3) is 0 Å². The molecule has 134 valence electrons. The molecule has 2 rings (SSSR count). The van der Waals surface area contributed by atoms with Crippen LogP contribution in [0.4, 0.5) is 4.39 Å². The van der Waals surface area contributed by atoms with Gasteiger partial charge in [0, 0.05) is 6.42 Å². The van der Waals surface area contributed by atoms with E-state index in [0.29, 0.717) is 12.2 Å². The van der Waals surface area contributed by atoms with E-state index < -0.39 is 12.1 Å². The number of benzene rings is 2. The summed E-state index contributed by atoms with van der Waals surface area (Å²) >= 11 is 0. The van der Waals surface area contributed by atoms with Gasteiger partial charge >= 0.3 is 5.97 Å². The molecule has 25 heavy (non-hydrogen) atoms. The Morgan fingerprint density at radius 1 is 1.12 bits per heavy atom. The molecule has 0 aliphatic carbocycles. The lowest BCUT2D eigenvalue weighted by Crippen LogP contribution is -2.32. The average molecular weight is 348 g/mol. The molecule has 0 fully saturated rings. The topological polar surface area (TPSA) is 76.0 Å². The third-order valence-corrected chi connectivity index (χ3v) is 3.72. The SMILES string of the molecule is CCC(CC(Oc1ccc(O)cc1)C(=O)O)OCc1ccc(F)cc1. The van der Waals surface area contributed by atoms with Crippen LogP contribution in [-0.2, 0) is 16.1 Å². The molecule has 0 spiro atoms. The first kappa shape index (κ1) is 18.7. The van der Waals surface area contributed by atoms with Crippen LogP contribution in [0.15, 0.2) is 48.5 Å². The molecule has 6 heteroatoms. The smallest absolute Gasteiger partial charge is 0.344 e. The van der Waals surface area contributed by atoms with E-state index in [1.807, 2.05) is 6.92 Å². The largest absolute Gasteiger partial charge is 0.508 e. The molecular formula is C19H21FO5. The first-order chi connectivity index (χ1) is 12.0. The summed E-state index contributed by atoms with van der Waals surface area (Å²) in [6, 6.07) is 11.8. The minimum absolute atomic E-state index is 0.0771. The molecule has 0 amide bonds. The fraction of sp³-hybridized carbons (Fsp3) is 0.316. The van der Waals surface area contributed by atoms with Crippen molar-refractivity contribution in [2.45, 2.75) is 38.6 Å². The second-order valence-electron chi connectivity index (χ2n) is 5.64. The lowest BCUT2D eigenvalue weighted by atomic mass is 10.1. The number of rotatable bonds is 9. The van der Waals surface area contributed by atoms with Crippen LogP contribution in [0.3, 0.4) is 0 Å². The zero-order chi connectivity index (χ0) is 18.2. The Morgan fingerprint density at radius 2 is 1.76 bits per heavy atom. The standard InChI is InChI=1S/C19H21FO5/c1-2-16(24-12-13-3-5-14(20)6-4-13)11-18(19(22)23)25-17-9-7-15(21)8-10-17/h3-10,16,18,21H,2,11-12H2,1H3,(H,22,23). The maximum absolute atomic E-state index is 12.9. The normalized spacial score (nSPS) is 13.2. The molecule has 0 saturated heterocycles. The van der Waals surface area contributed by atoms with Crippen molar-refractivity contribution in [1.29, 1.82) is 0 Å². The van der Waals surface area contributed by atoms with E-state index in [0.717, 1.165) is 5.56 Å². The molecule has 0 saturated carbocycles. The molecule has 0 aliphatic heterocycles. The number of ether oxygens (including phenoxy) is 2. The predicted octanol–water partition coefficient (Wildman–Crippen LogP) is 3.75. The summed E-state index contributed by atoms with van der Waals surface area (Å²) in [4.78, 5) is 11.5. The Balaban J connectivity index is 1.94. The fourth-order valence-electron chi connectivity index (χ4n) is 2.27. The van der Waals surface area contributed by atoms with E-state index in [9.17, 15) is 19.4 Å². The Labute approximate surface area is 145 Å². The van der Waals surface area contributed by atoms with Crippen LogP contribution in [0.1, 0.15) is 25.3 Å². The highest BCUT2D eigenvalue weighted by Crippen LogP contribution is 2.20. The van der Waals surface area contributed by atoms with Crippen molar-refractivity contribution in [2.75, 3.05) is 0 Å². The molecule has 2 atom stereocenters. The van der Waals surface area contributed by atoms with Crippen molar-refractivity contribution in [1.82, 2.24) is 0 Å². The number of carboxylic acid groups (broad SMARTS) is 1. The third-order valence-electron chi connectivity index (χ3n) is 3.72. The van der Waals surface area contributed by atoms with Crippen LogP contribution >= 0.6 is 0 Å². The van der Waals surface area contributed by atoms with E-state index in [4.69, 9.17) is 9.47 Å². The highest BCUT2D eigenvalue weighted by molar-refractivity contribution is 5.72. The van der Waals surface area contributed by atoms with Gasteiger partial charge in [0.1, 0.15) is 17.3 Å². The van der Waals surface area contributed by atoms with E-state index in [1.54, 1.807) is 12.1 Å². The summed E-state index contributed by atoms with van der Waals surface area (Å²) < 4.78 is 24.1. The second kappa shape index (κ2) is 9.03. The lowest BCUT2D eigenvalue weighted by molar-refractivity contribution is -0.147. The monoisotopic (exact) mass is 348 g/mol. The van der Waals surface area contributed by atoms with Crippen LogP contribution in [0.5, 0.6) is 11.5 Å². The fourth-order valence-corrected chi connectivity index (χ4v) is 2.27. The van der Waals surface area contributed by atoms with Gasteiger partial charge in [0.25, 0.3) is 0 Å². The van der Waals surface area contributed by atoms with Crippen LogP contribution in [-0.4, -0.2) is 28.4 Å². The Morgan fingerprint density at radius 3 is 2.32 bits per heavy atom. The van der Waals surface area contributed by atoms with Gasteiger partial charge in [0.05, 0.1) is 12.7 Å². The van der Waals surface area contributed by atoms with Crippen molar-refractivity contribution < 1.29 is 28.9 Å². The maximum Gasteiger partial charge on any atom is 0.344 e. The minimum Gasteiger partial charge on any atom is -0.508 e. The van der Waals surface area contributed by atoms with Crippen LogP contribution in [0.2, 0.25) is 0 Å². The number of aromatic hydroxyl groups is 1. The molecule has 2 aromatic rings. The zero-order valence-corrected chi connectivity index (χ0v) is 13.9. The number of phenolic OH excluding ortho intramolecular Hbond substituents is 1. The van der Waals surface area contributed by atoms with E-state index in [1.165, 1.54) is 36.4 Å². The number of halogens is 1. The van der Waals surface area contributed by atoms with Crippen LogP contribution in [0, 0.1) is 5.82 Å². The average Bonchev–Trinajstić information content (AvgIpc) is 2.60. The van der Waals surface area contributed by atoms with Gasteiger partial charge in [-0.15, -0.1) is 0 Å². The predicted molar refractivity (Wildman–Crippen MR) is 90.0 cm³/mol. The summed E-state index contributed by atoms with van der Waals surface area (Å²) in [6.45, 7) is 2.17. The number of hydrogen-bond donors (Lipinski definition) is 2. The van der Waals surface area contributed by atoms with E-state index in [2.05, 4.69) is 0 Å². The van der Waals surface area contributed by atoms with Gasteiger partial charge in [0.15, 0.2) is 6.10 Å². The molecule has 0 bridgehead atoms. The van der Waals surface area contributed by atoms with Gasteiger partial charge in [-0.25, -0.2) is 9.18 Å². The third kappa shape index (κ3) is 6.08. The summed E-state index contributed by atoms with van der Waals surface area (Å²) in [7, 11) is 0. The second-order valence-corrected chi connectivity index (χ2v) is 5.64. The number of carbonyl (C=O) groups is 1. The first-order valence-corrected chi connectivity index (χ1v) is 8.02. The van der Waals surface area contributed by atoms with Gasteiger partial charge in [-0.1, -0.05) is 19.1 Å². The summed E-state index contributed by atoms with van der Waals surface area (Å²) in [5.74, 6) is -0.965. The Kier molecular flexibility index (Phi) is 6.77. The van der Waals surface area contributed by atoms with E-state index in [-0.39, 0.29) is 30.7 Å². The van der Waals surface area contributed by atoms with Gasteiger partial charge in [-0.2, -0.15) is 0 Å². The van der Waals surface area contributed by atoms with Gasteiger partial charge in [-0.3, -0.25) is 0 Å². The van der Waals surface area contributed by atoms with Crippen molar-refractivity contribution in [3.63, 3.8) is 0 Å². The number of carboxylic acids is 1. The molecule has 5 nitrogen and oxygen atoms in total. The molecule has 0 heterocycles. The van der Waals surface area contributed by atoms with Crippen molar-refractivity contribution in [2.24, 2.45) is 0 Å². The molecule has 0 aliphatic rings. The molecule has 2 aromatic carbocycles. The summed E-state index contributed by atoms with van der Waals surface area (Å²) in [6.07, 6.45) is -0.594. The van der Waals surface area contributed by atoms with Crippen molar-refractivity contribution in [3.8, 4) is 11.5 Å². The number of aliphatic carboxylic acids is 1. The van der Waals surface area contributed by atoms with Gasteiger partial charge in [0.2, 0.25) is 0 Å². The Bertz CT molecular complexity index is 669. The Hall–Kier alpha value is -2.60. The van der Waals surface area contributed by atoms with Gasteiger partial charge < -0.3 is 19.7 Å².